The van der Waals surface area contributed by atoms with Crippen molar-refractivity contribution in [2.24, 2.45) is 5.10 Å². The van der Waals surface area contributed by atoms with Crippen molar-refractivity contribution in [2.75, 3.05) is 19.5 Å². The van der Waals surface area contributed by atoms with E-state index >= 15 is 0 Å². The fourth-order valence-corrected chi connectivity index (χ4v) is 4.57. The monoisotopic (exact) mass is 363 g/mol. The van der Waals surface area contributed by atoms with Crippen LogP contribution in [0.2, 0.25) is 0 Å². The Morgan fingerprint density at radius 1 is 1.28 bits per heavy atom. The summed E-state index contributed by atoms with van der Waals surface area (Å²) >= 11 is 0. The van der Waals surface area contributed by atoms with Gasteiger partial charge in [0, 0.05) is 25.5 Å². The second-order valence-electron chi connectivity index (χ2n) is 5.28. The van der Waals surface area contributed by atoms with Crippen molar-refractivity contribution in [3.05, 3.63) is 29.6 Å². The first kappa shape index (κ1) is 17.1. The summed E-state index contributed by atoms with van der Waals surface area (Å²) in [5, 5.41) is 25.5. The third-order valence-corrected chi connectivity index (χ3v) is 6.19. The van der Waals surface area contributed by atoms with Crippen molar-refractivity contribution in [3.63, 3.8) is 0 Å². The van der Waals surface area contributed by atoms with Gasteiger partial charge in [-0.05, 0) is 18.2 Å². The number of hydrazone groups is 1. The van der Waals surface area contributed by atoms with Gasteiger partial charge in [-0.15, -0.1) is 0 Å². The summed E-state index contributed by atoms with van der Waals surface area (Å²) in [5.41, 5.74) is -2.58. The van der Waals surface area contributed by atoms with Gasteiger partial charge in [0.1, 0.15) is 18.0 Å². The molecule has 1 aromatic carbocycles. The third kappa shape index (κ3) is 1.84. The van der Waals surface area contributed by atoms with Gasteiger partial charge < -0.3 is 14.4 Å². The minimum Gasteiger partial charge on any atom is -0.324 e. The third-order valence-electron chi connectivity index (χ3n) is 4.28. The van der Waals surface area contributed by atoms with Gasteiger partial charge in [-0.3, -0.25) is 14.8 Å². The van der Waals surface area contributed by atoms with Crippen LogP contribution in [0.15, 0.2) is 23.3 Å². The molecule has 0 bridgehead atoms. The number of nitrogens with zero attached hydrogens (tertiary/aromatic N) is 3. The molecule has 3 rings (SSSR count). The van der Waals surface area contributed by atoms with Gasteiger partial charge in [0.2, 0.25) is 5.91 Å². The highest BCUT2D eigenvalue weighted by Gasteiger charge is 2.73. The molecule has 11 heteroatoms. The summed E-state index contributed by atoms with van der Waals surface area (Å²) in [7, 11) is -2.02. The molecule has 1 spiro atoms. The second kappa shape index (κ2) is 5.36. The molecule has 2 aliphatic heterocycles. The van der Waals surface area contributed by atoms with E-state index in [0.29, 0.717) is 0 Å². The second-order valence-corrected chi connectivity index (χ2v) is 7.43. The highest BCUT2D eigenvalue weighted by Crippen LogP contribution is 2.61. The summed E-state index contributed by atoms with van der Waals surface area (Å²) in [6.07, 6.45) is 0. The van der Waals surface area contributed by atoms with E-state index in [1.165, 1.54) is 6.07 Å². The average Bonchev–Trinajstić information content (AvgIpc) is 3.12. The van der Waals surface area contributed by atoms with Crippen LogP contribution in [0.5, 0.6) is 0 Å². The number of hydrogen-bond acceptors (Lipinski definition) is 8. The molecule has 9 nitrogen and oxygen atoms in total. The van der Waals surface area contributed by atoms with E-state index in [1.54, 1.807) is 12.1 Å². The molecular weight excluding hydrogens is 352 g/mol. The predicted octanol–water partition coefficient (Wildman–Crippen LogP) is 1.20. The van der Waals surface area contributed by atoms with E-state index in [4.69, 9.17) is 9.05 Å². The van der Waals surface area contributed by atoms with Crippen molar-refractivity contribution in [1.82, 2.24) is 5.43 Å². The molecule has 0 radical (unpaired) electrons. The molecule has 25 heavy (non-hydrogen) atoms. The molecule has 0 fully saturated rings. The molecule has 1 atom stereocenters. The quantitative estimate of drug-likeness (QED) is 0.770. The maximum absolute atomic E-state index is 13.9. The first-order chi connectivity index (χ1) is 11.8. The van der Waals surface area contributed by atoms with Gasteiger partial charge in [-0.2, -0.15) is 15.6 Å². The smallest absolute Gasteiger partial charge is 0.324 e. The van der Waals surface area contributed by atoms with Crippen molar-refractivity contribution >= 4 is 24.6 Å². The van der Waals surface area contributed by atoms with Crippen molar-refractivity contribution in [3.8, 4) is 12.1 Å². The fourth-order valence-electron chi connectivity index (χ4n) is 3.10. The topological polar surface area (TPSA) is 137 Å². The lowest BCUT2D eigenvalue weighted by Gasteiger charge is -2.32. The van der Waals surface area contributed by atoms with Crippen LogP contribution in [-0.4, -0.2) is 31.1 Å². The van der Waals surface area contributed by atoms with Gasteiger partial charge in [0.15, 0.2) is 10.9 Å². The maximum atomic E-state index is 13.9. The number of benzene rings is 1. The number of rotatable bonds is 3. The van der Waals surface area contributed by atoms with Crippen molar-refractivity contribution in [1.29, 1.82) is 10.5 Å². The number of nitriles is 2. The Labute approximate surface area is 141 Å². The summed E-state index contributed by atoms with van der Waals surface area (Å²) in [6, 6.07) is 6.75. The normalized spacial score (nSPS) is 23.2. The lowest BCUT2D eigenvalue weighted by Crippen LogP contribution is -2.60. The number of nitrogens with one attached hydrogen (secondary N) is 2. The predicted molar refractivity (Wildman–Crippen MR) is 82.9 cm³/mol. The molecule has 0 aromatic heterocycles. The summed E-state index contributed by atoms with van der Waals surface area (Å²) in [6.45, 7) is 0. The first-order valence-corrected chi connectivity index (χ1v) is 8.41. The van der Waals surface area contributed by atoms with E-state index in [-0.39, 0.29) is 11.3 Å². The number of hydrogen-bond donors (Lipinski definition) is 2. The largest absolute Gasteiger partial charge is 0.378 e. The zero-order valence-corrected chi connectivity index (χ0v) is 13.9. The molecule has 1 aromatic rings. The number of fused-ring (bicyclic) bond motifs is 2. The minimum atomic E-state index is -4.16. The standard InChI is InChI=1S/C14H11FN5O4P/c1-23-25(22,24-2)12-14(13(6-16,7-17)20-19-12)9-5-8(15)3-4-10(9)18-11(14)21/h3-5,20H,1-2H3,(H,18,21)/t14-/m0/s1. The van der Waals surface area contributed by atoms with E-state index < -0.39 is 35.7 Å². The van der Waals surface area contributed by atoms with Crippen molar-refractivity contribution < 1.29 is 22.8 Å². The SMILES string of the molecule is COP(=O)(OC)C1=NNC(C#N)(C#N)[C@@]12C(=O)Nc1ccc(F)cc12. The van der Waals surface area contributed by atoms with Crippen LogP contribution >= 0.6 is 7.60 Å². The Balaban J connectivity index is 2.44. The molecule has 2 aliphatic rings. The Hall–Kier alpha value is -2.78. The number of halogens is 1. The Morgan fingerprint density at radius 3 is 2.48 bits per heavy atom. The molecule has 0 saturated heterocycles. The molecule has 0 saturated carbocycles. The maximum Gasteiger partial charge on any atom is 0.378 e. The van der Waals surface area contributed by atoms with Crippen LogP contribution in [0.4, 0.5) is 10.1 Å². The van der Waals surface area contributed by atoms with E-state index in [0.717, 1.165) is 26.4 Å². The molecular formula is C14H11FN5O4P. The van der Waals surface area contributed by atoms with Crippen LogP contribution < -0.4 is 10.7 Å². The lowest BCUT2D eigenvalue weighted by molar-refractivity contribution is -0.119. The van der Waals surface area contributed by atoms with E-state index in [9.17, 15) is 24.3 Å². The number of carbonyl (C=O) groups excluding carboxylic acids is 1. The average molecular weight is 363 g/mol. The van der Waals surface area contributed by atoms with Gasteiger partial charge >= 0.3 is 7.60 Å². The molecule has 128 valence electrons. The summed E-state index contributed by atoms with van der Waals surface area (Å²) < 4.78 is 36.6. The van der Waals surface area contributed by atoms with Crippen LogP contribution in [-0.2, 0) is 23.8 Å². The zero-order chi connectivity index (χ0) is 18.5. The van der Waals surface area contributed by atoms with E-state index in [1.807, 2.05) is 0 Å². The van der Waals surface area contributed by atoms with E-state index in [2.05, 4.69) is 15.8 Å². The van der Waals surface area contributed by atoms with Crippen LogP contribution in [0.3, 0.4) is 0 Å². The zero-order valence-electron chi connectivity index (χ0n) is 13.0. The number of anilines is 1. The lowest BCUT2D eigenvalue weighted by atomic mass is 9.68. The van der Waals surface area contributed by atoms with Crippen LogP contribution in [0.1, 0.15) is 5.56 Å². The molecule has 0 unspecified atom stereocenters. The highest BCUT2D eigenvalue weighted by molar-refractivity contribution is 7.72. The van der Waals surface area contributed by atoms with Gasteiger partial charge in [0.25, 0.3) is 5.54 Å². The Morgan fingerprint density at radius 2 is 1.92 bits per heavy atom. The van der Waals surface area contributed by atoms with Crippen LogP contribution in [0.25, 0.3) is 0 Å². The molecule has 0 aliphatic carbocycles. The fraction of sp³-hybridized carbons (Fsp3) is 0.286. The Kier molecular flexibility index (Phi) is 3.66. The molecule has 1 amide bonds. The summed E-state index contributed by atoms with van der Waals surface area (Å²) in [5.74, 6) is -1.58. The number of amides is 1. The van der Waals surface area contributed by atoms with Gasteiger partial charge in [0.05, 0.1) is 0 Å². The van der Waals surface area contributed by atoms with Crippen LogP contribution in [0, 0.1) is 28.5 Å². The Bertz CT molecular complexity index is 928. The summed E-state index contributed by atoms with van der Waals surface area (Å²) in [4.78, 5) is 12.9. The highest BCUT2D eigenvalue weighted by atomic mass is 31.2. The van der Waals surface area contributed by atoms with Crippen molar-refractivity contribution in [2.45, 2.75) is 11.0 Å². The number of carbonyl (C=O) groups is 1. The minimum absolute atomic E-state index is 0.0568. The first-order valence-electron chi connectivity index (χ1n) is 6.86. The van der Waals surface area contributed by atoms with Gasteiger partial charge in [-0.1, -0.05) is 0 Å². The molecule has 2 heterocycles. The molecule has 2 N–H and O–H groups in total. The van der Waals surface area contributed by atoms with Gasteiger partial charge in [-0.25, -0.2) is 4.39 Å².